The van der Waals surface area contributed by atoms with Crippen LogP contribution >= 0.6 is 0 Å². The average molecular weight is 292 g/mol. The van der Waals surface area contributed by atoms with Crippen LogP contribution < -0.4 is 10.6 Å². The second-order valence-electron chi connectivity index (χ2n) is 5.98. The maximum atomic E-state index is 11.8. The van der Waals surface area contributed by atoms with Crippen LogP contribution in [0.1, 0.15) is 31.5 Å². The minimum Gasteiger partial charge on any atom is -0.376 e. The minimum absolute atomic E-state index is 0.0851. The maximum Gasteiger partial charge on any atom is 0.314 e. The van der Waals surface area contributed by atoms with E-state index in [0.29, 0.717) is 19.0 Å². The number of nitrogens with one attached hydrogen (secondary N) is 2. The van der Waals surface area contributed by atoms with E-state index in [9.17, 15) is 4.79 Å². The molecule has 1 fully saturated rings. The number of carbonyl (C=O) groups is 1. The number of urea groups is 1. The van der Waals surface area contributed by atoms with Gasteiger partial charge in [-0.3, -0.25) is 0 Å². The van der Waals surface area contributed by atoms with Gasteiger partial charge in [-0.15, -0.1) is 0 Å². The smallest absolute Gasteiger partial charge is 0.314 e. The highest BCUT2D eigenvalue weighted by atomic mass is 16.5. The zero-order chi connectivity index (χ0) is 14.5. The molecule has 0 unspecified atom stereocenters. The van der Waals surface area contributed by atoms with E-state index in [1.54, 1.807) is 0 Å². The molecule has 2 aliphatic heterocycles. The van der Waals surface area contributed by atoms with Gasteiger partial charge in [-0.1, -0.05) is 0 Å². The molecule has 1 aromatic heterocycles. The number of fused-ring (bicyclic) bond motifs is 1. The van der Waals surface area contributed by atoms with Gasteiger partial charge in [0, 0.05) is 45.1 Å². The van der Waals surface area contributed by atoms with Crippen LogP contribution in [0.4, 0.5) is 4.79 Å². The molecule has 21 heavy (non-hydrogen) atoms. The van der Waals surface area contributed by atoms with Crippen molar-refractivity contribution in [2.75, 3.05) is 19.7 Å². The van der Waals surface area contributed by atoms with Crippen LogP contribution in [0.25, 0.3) is 0 Å². The molecule has 116 valence electrons. The summed E-state index contributed by atoms with van der Waals surface area (Å²) in [4.78, 5) is 16.2. The number of carbonyl (C=O) groups excluding carboxylic acids is 1. The van der Waals surface area contributed by atoms with E-state index >= 15 is 0 Å². The third kappa shape index (κ3) is 3.97. The molecule has 0 bridgehead atoms. The van der Waals surface area contributed by atoms with E-state index in [4.69, 9.17) is 4.74 Å². The molecule has 0 aromatic carbocycles. The van der Waals surface area contributed by atoms with Crippen LogP contribution in [0.3, 0.4) is 0 Å². The Labute approximate surface area is 125 Å². The number of hydrogen-bond donors (Lipinski definition) is 2. The Kier molecular flexibility index (Phi) is 4.75. The second kappa shape index (κ2) is 6.93. The summed E-state index contributed by atoms with van der Waals surface area (Å²) in [7, 11) is 0. The molecular weight excluding hydrogens is 268 g/mol. The minimum atomic E-state index is -0.0851. The van der Waals surface area contributed by atoms with Gasteiger partial charge in [-0.2, -0.15) is 0 Å². The Morgan fingerprint density at radius 1 is 1.33 bits per heavy atom. The molecule has 6 nitrogen and oxygen atoms in total. The van der Waals surface area contributed by atoms with Gasteiger partial charge in [-0.05, 0) is 31.6 Å². The third-order valence-corrected chi connectivity index (χ3v) is 4.37. The first-order valence-corrected chi connectivity index (χ1v) is 7.94. The topological polar surface area (TPSA) is 68.2 Å². The molecular formula is C15H24N4O2. The number of aryl methyl sites for hydroxylation is 1. The van der Waals surface area contributed by atoms with E-state index in [1.807, 2.05) is 12.4 Å². The number of aromatic nitrogens is 2. The van der Waals surface area contributed by atoms with Crippen LogP contribution in [0.2, 0.25) is 0 Å². The first-order valence-electron chi connectivity index (χ1n) is 7.94. The summed E-state index contributed by atoms with van der Waals surface area (Å²) in [6, 6.07) is -0.0851. The summed E-state index contributed by atoms with van der Waals surface area (Å²) < 4.78 is 7.79. The predicted molar refractivity (Wildman–Crippen MR) is 79.0 cm³/mol. The summed E-state index contributed by atoms with van der Waals surface area (Å²) >= 11 is 0. The Morgan fingerprint density at radius 3 is 3.10 bits per heavy atom. The van der Waals surface area contributed by atoms with E-state index in [-0.39, 0.29) is 12.1 Å². The predicted octanol–water partition coefficient (Wildman–Crippen LogP) is 1.31. The Morgan fingerprint density at radius 2 is 2.24 bits per heavy atom. The molecule has 0 aliphatic carbocycles. The molecule has 0 spiro atoms. The summed E-state index contributed by atoms with van der Waals surface area (Å²) in [5.41, 5.74) is 0. The van der Waals surface area contributed by atoms with Gasteiger partial charge in [0.1, 0.15) is 5.82 Å². The Bertz CT molecular complexity index is 468. The molecule has 2 aliphatic rings. The lowest BCUT2D eigenvalue weighted by Gasteiger charge is -2.25. The molecule has 0 radical (unpaired) electrons. The lowest BCUT2D eigenvalue weighted by atomic mass is 9.98. The zero-order valence-corrected chi connectivity index (χ0v) is 12.4. The van der Waals surface area contributed by atoms with Crippen molar-refractivity contribution in [1.29, 1.82) is 0 Å². The highest BCUT2D eigenvalue weighted by Crippen LogP contribution is 2.18. The van der Waals surface area contributed by atoms with E-state index in [2.05, 4.69) is 20.2 Å². The Hall–Kier alpha value is -1.56. The van der Waals surface area contributed by atoms with Gasteiger partial charge in [0.05, 0.1) is 6.10 Å². The van der Waals surface area contributed by atoms with Crippen molar-refractivity contribution in [2.24, 2.45) is 5.92 Å². The van der Waals surface area contributed by atoms with Gasteiger partial charge in [-0.25, -0.2) is 9.78 Å². The molecule has 2 atom stereocenters. The van der Waals surface area contributed by atoms with E-state index in [1.165, 1.54) is 6.42 Å². The molecule has 1 aromatic rings. The van der Waals surface area contributed by atoms with Crippen molar-refractivity contribution in [2.45, 2.75) is 44.8 Å². The highest BCUT2D eigenvalue weighted by molar-refractivity contribution is 5.73. The molecule has 3 rings (SSSR count). The summed E-state index contributed by atoms with van der Waals surface area (Å²) in [5, 5.41) is 5.88. The number of hydrogen-bond acceptors (Lipinski definition) is 3. The van der Waals surface area contributed by atoms with Crippen LogP contribution in [0.5, 0.6) is 0 Å². The highest BCUT2D eigenvalue weighted by Gasteiger charge is 2.20. The SMILES string of the molecule is O=C(NC[C@H]1CCn2ccnc2C1)NC[C@H]1CCCCO1. The lowest BCUT2D eigenvalue weighted by Crippen LogP contribution is -2.43. The van der Waals surface area contributed by atoms with Gasteiger partial charge < -0.3 is 19.9 Å². The summed E-state index contributed by atoms with van der Waals surface area (Å²) in [5.74, 6) is 1.61. The van der Waals surface area contributed by atoms with Crippen LogP contribution in [-0.4, -0.2) is 41.4 Å². The first-order chi connectivity index (χ1) is 10.3. The largest absolute Gasteiger partial charge is 0.376 e. The number of amides is 2. The van der Waals surface area contributed by atoms with Gasteiger partial charge >= 0.3 is 6.03 Å². The molecule has 0 saturated carbocycles. The molecule has 2 N–H and O–H groups in total. The summed E-state index contributed by atoms with van der Waals surface area (Å²) in [6.07, 6.45) is 9.48. The van der Waals surface area contributed by atoms with Gasteiger partial charge in [0.25, 0.3) is 0 Å². The van der Waals surface area contributed by atoms with Crippen molar-refractivity contribution in [3.63, 3.8) is 0 Å². The summed E-state index contributed by atoms with van der Waals surface area (Å²) in [6.45, 7) is 3.15. The second-order valence-corrected chi connectivity index (χ2v) is 5.98. The molecule has 1 saturated heterocycles. The lowest BCUT2D eigenvalue weighted by molar-refractivity contribution is 0.0184. The standard InChI is InChI=1S/C15H24N4O2/c20-15(18-11-13-3-1-2-8-21-13)17-10-12-4-6-19-7-5-16-14(19)9-12/h5,7,12-13H,1-4,6,8-11H2,(H2,17,18,20)/t12-,13+/m0/s1. The van der Waals surface area contributed by atoms with E-state index < -0.39 is 0 Å². The number of imidazole rings is 1. The van der Waals surface area contributed by atoms with Crippen molar-refractivity contribution in [3.05, 3.63) is 18.2 Å². The molecule has 3 heterocycles. The van der Waals surface area contributed by atoms with Crippen LogP contribution in [0, 0.1) is 5.92 Å². The van der Waals surface area contributed by atoms with Crippen molar-refractivity contribution < 1.29 is 9.53 Å². The van der Waals surface area contributed by atoms with Crippen LogP contribution in [-0.2, 0) is 17.7 Å². The first kappa shape index (κ1) is 14.4. The van der Waals surface area contributed by atoms with Crippen LogP contribution in [0.15, 0.2) is 12.4 Å². The third-order valence-electron chi connectivity index (χ3n) is 4.37. The number of rotatable bonds is 4. The average Bonchev–Trinajstić information content (AvgIpc) is 2.99. The quantitative estimate of drug-likeness (QED) is 0.879. The molecule has 6 heteroatoms. The Balaban J connectivity index is 1.34. The molecule has 2 amide bonds. The van der Waals surface area contributed by atoms with E-state index in [0.717, 1.165) is 44.7 Å². The maximum absolute atomic E-state index is 11.8. The number of nitrogens with zero attached hydrogens (tertiary/aromatic N) is 2. The fourth-order valence-corrected chi connectivity index (χ4v) is 3.06. The normalized spacial score (nSPS) is 25.1. The van der Waals surface area contributed by atoms with Crippen molar-refractivity contribution in [1.82, 2.24) is 20.2 Å². The number of ether oxygens (including phenoxy) is 1. The van der Waals surface area contributed by atoms with Crippen molar-refractivity contribution in [3.8, 4) is 0 Å². The fraction of sp³-hybridized carbons (Fsp3) is 0.733. The van der Waals surface area contributed by atoms with Gasteiger partial charge in [0.15, 0.2) is 0 Å². The van der Waals surface area contributed by atoms with Crippen molar-refractivity contribution >= 4 is 6.03 Å². The van der Waals surface area contributed by atoms with Gasteiger partial charge in [0.2, 0.25) is 0 Å². The monoisotopic (exact) mass is 292 g/mol. The zero-order valence-electron chi connectivity index (χ0n) is 12.4. The fourth-order valence-electron chi connectivity index (χ4n) is 3.06.